The number of halogens is 3. The Morgan fingerprint density at radius 3 is 2.32 bits per heavy atom. The maximum absolute atomic E-state index is 13.0. The van der Waals surface area contributed by atoms with Crippen molar-refractivity contribution in [2.24, 2.45) is 7.05 Å². The Kier molecular flexibility index (Phi) is 4.56. The molecule has 3 N–H and O–H groups in total. The summed E-state index contributed by atoms with van der Waals surface area (Å²) in [5, 5.41) is 11.6. The number of alkyl halides is 3. The summed E-state index contributed by atoms with van der Waals surface area (Å²) in [7, 11) is 1.84. The molecule has 0 aliphatic rings. The fraction of sp³-hybridized carbons (Fsp3) is 0.412. The Morgan fingerprint density at radius 1 is 1.11 bits per heavy atom. The van der Waals surface area contributed by atoms with Gasteiger partial charge in [-0.1, -0.05) is 0 Å². The predicted octanol–water partition coefficient (Wildman–Crippen LogP) is 3.15. The first-order chi connectivity index (χ1) is 12.9. The minimum absolute atomic E-state index is 0.0241. The molecule has 0 aromatic carbocycles. The van der Waals surface area contributed by atoms with Gasteiger partial charge in [-0.05, 0) is 33.8 Å². The summed E-state index contributed by atoms with van der Waals surface area (Å²) >= 11 is 0. The molecule has 3 rings (SSSR count). The van der Waals surface area contributed by atoms with E-state index in [4.69, 9.17) is 5.73 Å². The molecule has 8 nitrogen and oxygen atoms in total. The predicted molar refractivity (Wildman–Crippen MR) is 98.1 cm³/mol. The monoisotopic (exact) mass is 394 g/mol. The minimum Gasteiger partial charge on any atom is -0.383 e. The molecule has 0 amide bonds. The van der Waals surface area contributed by atoms with Crippen molar-refractivity contribution in [3.8, 4) is 0 Å². The summed E-state index contributed by atoms with van der Waals surface area (Å²) in [6.45, 7) is 6.99. The third-order valence-electron chi connectivity index (χ3n) is 4.57. The fourth-order valence-electron chi connectivity index (χ4n) is 3.08. The molecule has 0 bridgehead atoms. The fourth-order valence-corrected chi connectivity index (χ4v) is 3.08. The number of hydrogen-bond donors (Lipinski definition) is 2. The van der Waals surface area contributed by atoms with E-state index in [1.165, 1.54) is 6.92 Å². The highest BCUT2D eigenvalue weighted by Gasteiger charge is 2.37. The minimum atomic E-state index is -4.61. The Morgan fingerprint density at radius 2 is 1.79 bits per heavy atom. The van der Waals surface area contributed by atoms with E-state index in [9.17, 15) is 13.2 Å². The zero-order chi connectivity index (χ0) is 20.9. The lowest BCUT2D eigenvalue weighted by atomic mass is 10.0. The molecule has 0 aliphatic carbocycles. The van der Waals surface area contributed by atoms with Crippen LogP contribution in [-0.4, -0.2) is 29.5 Å². The molecule has 0 atom stereocenters. The van der Waals surface area contributed by atoms with E-state index in [1.807, 2.05) is 27.0 Å². The lowest BCUT2D eigenvalue weighted by molar-refractivity contribution is -0.137. The second-order valence-corrected chi connectivity index (χ2v) is 6.99. The molecule has 3 heterocycles. The van der Waals surface area contributed by atoms with Gasteiger partial charge in [0.05, 0.1) is 28.3 Å². The van der Waals surface area contributed by atoms with Crippen molar-refractivity contribution in [1.29, 1.82) is 0 Å². The summed E-state index contributed by atoms with van der Waals surface area (Å²) in [5.74, 6) is -0.647. The Hall–Kier alpha value is -3.11. The van der Waals surface area contributed by atoms with Crippen LogP contribution in [0.15, 0.2) is 18.5 Å². The van der Waals surface area contributed by atoms with Crippen molar-refractivity contribution in [3.63, 3.8) is 0 Å². The van der Waals surface area contributed by atoms with Gasteiger partial charge in [0, 0.05) is 19.4 Å². The number of anilines is 3. The van der Waals surface area contributed by atoms with Gasteiger partial charge in [-0.2, -0.15) is 28.4 Å². The number of nitrogen functional groups attached to an aromatic ring is 1. The molecule has 0 radical (unpaired) electrons. The van der Waals surface area contributed by atoms with E-state index in [2.05, 4.69) is 25.5 Å². The summed E-state index contributed by atoms with van der Waals surface area (Å²) in [5.41, 5.74) is 5.87. The SMILES string of the molecule is Cc1nn(C(C)(C)c2ccnn2C)cc1Nc1nc(C)c(C(F)(F)F)c(N)n1. The van der Waals surface area contributed by atoms with Gasteiger partial charge >= 0.3 is 6.18 Å². The first-order valence-electron chi connectivity index (χ1n) is 8.45. The van der Waals surface area contributed by atoms with Crippen LogP contribution in [0.1, 0.15) is 36.5 Å². The smallest absolute Gasteiger partial charge is 0.383 e. The van der Waals surface area contributed by atoms with Gasteiger partial charge in [0.1, 0.15) is 11.4 Å². The molecule has 0 spiro atoms. The van der Waals surface area contributed by atoms with Crippen LogP contribution in [0.25, 0.3) is 0 Å². The third kappa shape index (κ3) is 3.39. The quantitative estimate of drug-likeness (QED) is 0.705. The molecule has 0 saturated carbocycles. The van der Waals surface area contributed by atoms with Gasteiger partial charge in [-0.3, -0.25) is 9.36 Å². The van der Waals surface area contributed by atoms with Crippen LogP contribution in [-0.2, 0) is 18.8 Å². The van der Waals surface area contributed by atoms with Gasteiger partial charge < -0.3 is 11.1 Å². The van der Waals surface area contributed by atoms with Gasteiger partial charge in [0.2, 0.25) is 5.95 Å². The van der Waals surface area contributed by atoms with Crippen LogP contribution in [0.2, 0.25) is 0 Å². The molecule has 0 unspecified atom stereocenters. The van der Waals surface area contributed by atoms with E-state index >= 15 is 0 Å². The highest BCUT2D eigenvalue weighted by Crippen LogP contribution is 2.35. The van der Waals surface area contributed by atoms with E-state index in [-0.39, 0.29) is 11.6 Å². The van der Waals surface area contributed by atoms with Gasteiger partial charge in [0.25, 0.3) is 0 Å². The normalized spacial score (nSPS) is 12.4. The molecule has 28 heavy (non-hydrogen) atoms. The molecule has 3 aromatic rings. The topological polar surface area (TPSA) is 99.5 Å². The number of nitrogens with two attached hydrogens (primary N) is 1. The average Bonchev–Trinajstić information content (AvgIpc) is 3.12. The Balaban J connectivity index is 1.94. The molecule has 150 valence electrons. The van der Waals surface area contributed by atoms with Crippen LogP contribution in [0.4, 0.5) is 30.6 Å². The molecule has 3 aromatic heterocycles. The largest absolute Gasteiger partial charge is 0.421 e. The third-order valence-corrected chi connectivity index (χ3v) is 4.57. The van der Waals surface area contributed by atoms with E-state index in [0.29, 0.717) is 11.4 Å². The highest BCUT2D eigenvalue weighted by atomic mass is 19.4. The Labute approximate surface area is 159 Å². The number of aromatic nitrogens is 6. The van der Waals surface area contributed by atoms with Gasteiger partial charge in [-0.15, -0.1) is 0 Å². The van der Waals surface area contributed by atoms with Crippen LogP contribution in [0, 0.1) is 13.8 Å². The van der Waals surface area contributed by atoms with E-state index < -0.39 is 23.1 Å². The Bertz CT molecular complexity index is 993. The van der Waals surface area contributed by atoms with Crippen LogP contribution in [0.3, 0.4) is 0 Å². The average molecular weight is 394 g/mol. The second-order valence-electron chi connectivity index (χ2n) is 6.99. The van der Waals surface area contributed by atoms with Crippen LogP contribution in [0.5, 0.6) is 0 Å². The molecule has 0 fully saturated rings. The van der Waals surface area contributed by atoms with Crippen molar-refractivity contribution in [2.75, 3.05) is 11.1 Å². The molecule has 11 heteroatoms. The summed E-state index contributed by atoms with van der Waals surface area (Å²) < 4.78 is 42.6. The van der Waals surface area contributed by atoms with E-state index in [1.54, 1.807) is 28.7 Å². The van der Waals surface area contributed by atoms with Crippen molar-refractivity contribution >= 4 is 17.5 Å². The van der Waals surface area contributed by atoms with E-state index in [0.717, 1.165) is 5.69 Å². The summed E-state index contributed by atoms with van der Waals surface area (Å²) in [6, 6.07) is 1.90. The summed E-state index contributed by atoms with van der Waals surface area (Å²) in [4.78, 5) is 7.66. The van der Waals surface area contributed by atoms with Crippen LogP contribution >= 0.6 is 0 Å². The molecule has 0 aliphatic heterocycles. The summed E-state index contributed by atoms with van der Waals surface area (Å²) in [6.07, 6.45) is -1.16. The first kappa shape index (κ1) is 19.6. The maximum atomic E-state index is 13.0. The number of nitrogens with one attached hydrogen (secondary N) is 1. The zero-order valence-corrected chi connectivity index (χ0v) is 16.1. The first-order valence-corrected chi connectivity index (χ1v) is 8.45. The van der Waals surface area contributed by atoms with Gasteiger partial charge in [0.15, 0.2) is 0 Å². The zero-order valence-electron chi connectivity index (χ0n) is 16.1. The lowest BCUT2D eigenvalue weighted by Gasteiger charge is -2.25. The number of nitrogens with zero attached hydrogens (tertiary/aromatic N) is 6. The number of hydrogen-bond acceptors (Lipinski definition) is 6. The van der Waals surface area contributed by atoms with Crippen molar-refractivity contribution in [3.05, 3.63) is 41.1 Å². The van der Waals surface area contributed by atoms with Gasteiger partial charge in [-0.25, -0.2) is 4.98 Å². The lowest BCUT2D eigenvalue weighted by Crippen LogP contribution is -2.30. The van der Waals surface area contributed by atoms with Crippen molar-refractivity contribution in [1.82, 2.24) is 29.5 Å². The molecular formula is C17H21F3N8. The maximum Gasteiger partial charge on any atom is 0.421 e. The molecule has 0 saturated heterocycles. The standard InChI is InChI=1S/C17H21F3N8/c1-9-11(8-28(26-9)16(3,4)12-6-7-22-27(12)5)24-15-23-10(2)13(14(21)25-15)17(18,19)20/h6-8H,1-5H3,(H3,21,23,24,25). The number of rotatable bonds is 4. The second kappa shape index (κ2) is 6.50. The van der Waals surface area contributed by atoms with Crippen LogP contribution < -0.4 is 11.1 Å². The van der Waals surface area contributed by atoms with Crippen molar-refractivity contribution < 1.29 is 13.2 Å². The highest BCUT2D eigenvalue weighted by molar-refractivity contribution is 5.58. The van der Waals surface area contributed by atoms with Crippen molar-refractivity contribution in [2.45, 2.75) is 39.4 Å². The number of aryl methyl sites for hydroxylation is 3. The molecular weight excluding hydrogens is 373 g/mol.